The molecule has 1 amide bonds. The molecule has 4 heterocycles. The summed E-state index contributed by atoms with van der Waals surface area (Å²) in [5.41, 5.74) is 2.31. The summed E-state index contributed by atoms with van der Waals surface area (Å²) in [7, 11) is 0. The van der Waals surface area contributed by atoms with E-state index in [2.05, 4.69) is 33.3 Å². The lowest BCUT2D eigenvalue weighted by molar-refractivity contribution is 0.0745. The molecule has 1 fully saturated rings. The van der Waals surface area contributed by atoms with Crippen LogP contribution < -0.4 is 4.90 Å². The Morgan fingerprint density at radius 3 is 2.59 bits per heavy atom. The second kappa shape index (κ2) is 6.88. The third kappa shape index (κ3) is 2.91. The Kier molecular flexibility index (Phi) is 4.19. The molecule has 0 aliphatic carbocycles. The lowest BCUT2D eigenvalue weighted by Crippen LogP contribution is -2.49. The predicted octanol–water partition coefficient (Wildman–Crippen LogP) is 2.96. The van der Waals surface area contributed by atoms with E-state index in [0.717, 1.165) is 28.3 Å². The highest BCUT2D eigenvalue weighted by Gasteiger charge is 2.26. The maximum absolute atomic E-state index is 12.6. The number of carbonyl (C=O) groups excluding carboxylic acids is 1. The molecule has 4 aromatic rings. The zero-order chi connectivity index (χ0) is 20.0. The number of benzene rings is 1. The van der Waals surface area contributed by atoms with Crippen molar-refractivity contribution in [3.05, 3.63) is 54.2 Å². The van der Waals surface area contributed by atoms with Gasteiger partial charge in [0.25, 0.3) is 5.91 Å². The van der Waals surface area contributed by atoms with Crippen LogP contribution in [0.4, 0.5) is 5.95 Å². The number of piperazine rings is 1. The molecule has 1 aromatic carbocycles. The fourth-order valence-corrected chi connectivity index (χ4v) is 3.85. The highest BCUT2D eigenvalue weighted by molar-refractivity contribution is 5.94. The molecule has 148 valence electrons. The van der Waals surface area contributed by atoms with E-state index in [1.807, 2.05) is 29.2 Å². The van der Waals surface area contributed by atoms with Crippen molar-refractivity contribution >= 4 is 28.4 Å². The van der Waals surface area contributed by atoms with Crippen LogP contribution in [0.5, 0.6) is 0 Å². The summed E-state index contributed by atoms with van der Waals surface area (Å²) in [5, 5.41) is 9.91. The second-order valence-electron chi connectivity index (χ2n) is 7.59. The SMILES string of the molecule is CC(C)c1nnc2c3ccccc3nc(N3CCN(C(=O)c4ccoc4)CC3)n12. The number of rotatable bonds is 3. The number of fused-ring (bicyclic) bond motifs is 3. The van der Waals surface area contributed by atoms with E-state index in [1.165, 1.54) is 12.5 Å². The van der Waals surface area contributed by atoms with Crippen molar-refractivity contribution in [2.75, 3.05) is 31.1 Å². The number of hydrogen-bond donors (Lipinski definition) is 0. The van der Waals surface area contributed by atoms with Gasteiger partial charge in [0.1, 0.15) is 12.1 Å². The van der Waals surface area contributed by atoms with Gasteiger partial charge in [0, 0.05) is 37.5 Å². The first-order chi connectivity index (χ1) is 14.1. The number of para-hydroxylation sites is 1. The number of carbonyl (C=O) groups is 1. The fourth-order valence-electron chi connectivity index (χ4n) is 3.85. The molecule has 1 saturated heterocycles. The average Bonchev–Trinajstić information content (AvgIpc) is 3.43. The van der Waals surface area contributed by atoms with Gasteiger partial charge in [0.05, 0.1) is 17.3 Å². The minimum atomic E-state index is 0.00202. The highest BCUT2D eigenvalue weighted by Crippen LogP contribution is 2.27. The topological polar surface area (TPSA) is 79.8 Å². The maximum Gasteiger partial charge on any atom is 0.257 e. The monoisotopic (exact) mass is 390 g/mol. The van der Waals surface area contributed by atoms with Gasteiger partial charge in [-0.3, -0.25) is 4.79 Å². The molecule has 8 heteroatoms. The quantitative estimate of drug-likeness (QED) is 0.535. The van der Waals surface area contributed by atoms with Crippen molar-refractivity contribution in [1.29, 1.82) is 0 Å². The Bertz CT molecular complexity index is 1170. The highest BCUT2D eigenvalue weighted by atomic mass is 16.3. The van der Waals surface area contributed by atoms with Crippen molar-refractivity contribution in [2.45, 2.75) is 19.8 Å². The van der Waals surface area contributed by atoms with Gasteiger partial charge >= 0.3 is 0 Å². The number of nitrogens with zero attached hydrogens (tertiary/aromatic N) is 6. The van der Waals surface area contributed by atoms with Gasteiger partial charge in [-0.1, -0.05) is 26.0 Å². The molecule has 0 spiro atoms. The smallest absolute Gasteiger partial charge is 0.257 e. The number of amides is 1. The van der Waals surface area contributed by atoms with Gasteiger partial charge in [-0.15, -0.1) is 10.2 Å². The minimum absolute atomic E-state index is 0.00202. The van der Waals surface area contributed by atoms with Crippen LogP contribution in [0, 0.1) is 0 Å². The zero-order valence-corrected chi connectivity index (χ0v) is 16.4. The minimum Gasteiger partial charge on any atom is -0.472 e. The molecule has 1 aliphatic rings. The molecule has 29 heavy (non-hydrogen) atoms. The largest absolute Gasteiger partial charge is 0.472 e. The van der Waals surface area contributed by atoms with Crippen molar-refractivity contribution in [2.24, 2.45) is 0 Å². The third-order valence-corrected chi connectivity index (χ3v) is 5.39. The van der Waals surface area contributed by atoms with Gasteiger partial charge in [-0.2, -0.15) is 0 Å². The Balaban J connectivity index is 1.51. The Morgan fingerprint density at radius 1 is 1.07 bits per heavy atom. The average molecular weight is 390 g/mol. The molecule has 3 aromatic heterocycles. The Morgan fingerprint density at radius 2 is 1.86 bits per heavy atom. The van der Waals surface area contributed by atoms with E-state index >= 15 is 0 Å². The van der Waals surface area contributed by atoms with E-state index in [9.17, 15) is 4.79 Å². The van der Waals surface area contributed by atoms with Crippen molar-refractivity contribution < 1.29 is 9.21 Å². The second-order valence-corrected chi connectivity index (χ2v) is 7.59. The molecule has 5 rings (SSSR count). The summed E-state index contributed by atoms with van der Waals surface area (Å²) >= 11 is 0. The zero-order valence-electron chi connectivity index (χ0n) is 16.4. The van der Waals surface area contributed by atoms with Crippen LogP contribution in [-0.4, -0.2) is 56.6 Å². The van der Waals surface area contributed by atoms with E-state index in [4.69, 9.17) is 9.40 Å². The number of furan rings is 1. The first-order valence-corrected chi connectivity index (χ1v) is 9.83. The standard InChI is InChI=1S/C21H22N6O2/c1-14(2)18-23-24-19-16-5-3-4-6-17(16)22-21(27(18)19)26-10-8-25(9-11-26)20(28)15-7-12-29-13-15/h3-7,12-14H,8-11H2,1-2H3. The maximum atomic E-state index is 12.6. The number of aromatic nitrogens is 4. The van der Waals surface area contributed by atoms with Crippen LogP contribution in [0.25, 0.3) is 16.6 Å². The van der Waals surface area contributed by atoms with E-state index < -0.39 is 0 Å². The summed E-state index contributed by atoms with van der Waals surface area (Å²) in [5.74, 6) is 1.95. The first kappa shape index (κ1) is 17.7. The van der Waals surface area contributed by atoms with Gasteiger partial charge in [-0.05, 0) is 18.2 Å². The number of hydrogen-bond acceptors (Lipinski definition) is 6. The molecular formula is C21H22N6O2. The van der Waals surface area contributed by atoms with E-state index in [1.54, 1.807) is 6.07 Å². The summed E-state index contributed by atoms with van der Waals surface area (Å²) < 4.78 is 7.12. The molecule has 0 radical (unpaired) electrons. The molecule has 0 saturated carbocycles. The molecule has 1 aliphatic heterocycles. The normalized spacial score (nSPS) is 15.0. The summed E-state index contributed by atoms with van der Waals surface area (Å²) in [6, 6.07) is 9.71. The van der Waals surface area contributed by atoms with Crippen LogP contribution in [0.2, 0.25) is 0 Å². The van der Waals surface area contributed by atoms with Crippen LogP contribution in [0.1, 0.15) is 35.9 Å². The predicted molar refractivity (Wildman–Crippen MR) is 109 cm³/mol. The van der Waals surface area contributed by atoms with Gasteiger partial charge < -0.3 is 14.2 Å². The summed E-state index contributed by atoms with van der Waals surface area (Å²) in [6.07, 6.45) is 3.02. The molecule has 0 atom stereocenters. The van der Waals surface area contributed by atoms with Crippen LogP contribution in [0.15, 0.2) is 47.3 Å². The summed E-state index contributed by atoms with van der Waals surface area (Å²) in [6.45, 7) is 6.85. The fraction of sp³-hybridized carbons (Fsp3) is 0.333. The van der Waals surface area contributed by atoms with E-state index in [0.29, 0.717) is 31.7 Å². The third-order valence-electron chi connectivity index (χ3n) is 5.39. The lowest BCUT2D eigenvalue weighted by atomic mass is 10.2. The van der Waals surface area contributed by atoms with Crippen LogP contribution >= 0.6 is 0 Å². The Labute approximate surface area is 167 Å². The first-order valence-electron chi connectivity index (χ1n) is 9.83. The molecule has 0 N–H and O–H groups in total. The Hall–Kier alpha value is -3.42. The lowest BCUT2D eigenvalue weighted by Gasteiger charge is -2.35. The molecule has 8 nitrogen and oxygen atoms in total. The number of anilines is 1. The molecule has 0 unspecified atom stereocenters. The molecular weight excluding hydrogens is 368 g/mol. The van der Waals surface area contributed by atoms with Crippen LogP contribution in [-0.2, 0) is 0 Å². The summed E-state index contributed by atoms with van der Waals surface area (Å²) in [4.78, 5) is 21.6. The van der Waals surface area contributed by atoms with Gasteiger partial charge in [-0.25, -0.2) is 9.38 Å². The van der Waals surface area contributed by atoms with Gasteiger partial charge in [0.2, 0.25) is 5.95 Å². The molecule has 0 bridgehead atoms. The van der Waals surface area contributed by atoms with Gasteiger partial charge in [0.15, 0.2) is 5.65 Å². The van der Waals surface area contributed by atoms with Crippen molar-refractivity contribution in [1.82, 2.24) is 24.5 Å². The van der Waals surface area contributed by atoms with E-state index in [-0.39, 0.29) is 11.8 Å². The van der Waals surface area contributed by atoms with Crippen molar-refractivity contribution in [3.8, 4) is 0 Å². The van der Waals surface area contributed by atoms with Crippen LogP contribution in [0.3, 0.4) is 0 Å². The van der Waals surface area contributed by atoms with Crippen molar-refractivity contribution in [3.63, 3.8) is 0 Å².